The molecule has 3 aromatic rings. The second-order valence-corrected chi connectivity index (χ2v) is 5.22. The van der Waals surface area contributed by atoms with Gasteiger partial charge in [0.05, 0.1) is 27.9 Å². The van der Waals surface area contributed by atoms with E-state index in [4.69, 9.17) is 29.1 Å². The molecule has 0 spiro atoms. The first-order chi connectivity index (χ1) is 9.60. The number of hydrogen-bond donors (Lipinski definition) is 1. The van der Waals surface area contributed by atoms with Crippen molar-refractivity contribution in [1.82, 2.24) is 14.5 Å². The Balaban J connectivity index is 2.33. The van der Waals surface area contributed by atoms with Crippen LogP contribution in [0.1, 0.15) is 11.1 Å². The highest BCUT2D eigenvalue weighted by molar-refractivity contribution is 7.71. The minimum atomic E-state index is 0.462. The van der Waals surface area contributed by atoms with E-state index in [1.54, 1.807) is 29.0 Å². The summed E-state index contributed by atoms with van der Waals surface area (Å²) in [5.74, 6) is 0. The van der Waals surface area contributed by atoms with Gasteiger partial charge < -0.3 is 4.98 Å². The van der Waals surface area contributed by atoms with Crippen LogP contribution >= 0.6 is 23.8 Å². The molecule has 0 unspecified atom stereocenters. The highest BCUT2D eigenvalue weighted by Crippen LogP contribution is 2.25. The molecule has 3 rings (SSSR count). The summed E-state index contributed by atoms with van der Waals surface area (Å²) in [5, 5.41) is 9.35. The fourth-order valence-electron chi connectivity index (χ4n) is 2.08. The van der Waals surface area contributed by atoms with Gasteiger partial charge in [0.25, 0.3) is 0 Å². The minimum Gasteiger partial charge on any atom is -0.329 e. The molecule has 1 N–H and O–H groups in total. The van der Waals surface area contributed by atoms with Crippen molar-refractivity contribution in [3.05, 3.63) is 51.4 Å². The summed E-state index contributed by atoms with van der Waals surface area (Å²) < 4.78 is 2.29. The average Bonchev–Trinajstić information content (AvgIpc) is 2.73. The van der Waals surface area contributed by atoms with E-state index in [0.717, 1.165) is 11.1 Å². The molecule has 98 valence electrons. The average molecular weight is 301 g/mol. The molecule has 0 bridgehead atoms. The monoisotopic (exact) mass is 300 g/mol. The van der Waals surface area contributed by atoms with Crippen LogP contribution in [0.15, 0.2) is 30.5 Å². The van der Waals surface area contributed by atoms with Gasteiger partial charge in [-0.2, -0.15) is 5.26 Å². The van der Waals surface area contributed by atoms with Crippen molar-refractivity contribution in [3.8, 4) is 11.8 Å². The van der Waals surface area contributed by atoms with E-state index in [0.29, 0.717) is 26.7 Å². The van der Waals surface area contributed by atoms with Crippen LogP contribution in [0.25, 0.3) is 16.9 Å². The number of H-pyrrole nitrogens is 1. The molecule has 4 nitrogen and oxygen atoms in total. The molecule has 2 heterocycles. The number of nitrogens with one attached hydrogen (secondary N) is 1. The largest absolute Gasteiger partial charge is 0.329 e. The van der Waals surface area contributed by atoms with E-state index < -0.39 is 0 Å². The normalized spacial score (nSPS) is 10.7. The third-order valence-electron chi connectivity index (χ3n) is 2.98. The van der Waals surface area contributed by atoms with Crippen LogP contribution < -0.4 is 0 Å². The summed E-state index contributed by atoms with van der Waals surface area (Å²) in [6.07, 6.45) is 1.78. The Kier molecular flexibility index (Phi) is 3.05. The van der Waals surface area contributed by atoms with Gasteiger partial charge in [-0.1, -0.05) is 11.6 Å². The first-order valence-corrected chi connectivity index (χ1v) is 6.66. The zero-order chi connectivity index (χ0) is 14.3. The maximum absolute atomic E-state index is 8.89. The molecule has 0 fully saturated rings. The van der Waals surface area contributed by atoms with E-state index in [1.807, 2.05) is 13.0 Å². The molecule has 0 amide bonds. The Morgan fingerprint density at radius 2 is 2.20 bits per heavy atom. The number of benzene rings is 1. The Morgan fingerprint density at radius 1 is 1.40 bits per heavy atom. The lowest BCUT2D eigenvalue weighted by atomic mass is 10.2. The lowest BCUT2D eigenvalue weighted by Gasteiger charge is -2.06. The van der Waals surface area contributed by atoms with Gasteiger partial charge in [-0.05, 0) is 49.0 Å². The summed E-state index contributed by atoms with van der Waals surface area (Å²) >= 11 is 11.6. The van der Waals surface area contributed by atoms with Crippen LogP contribution in [-0.2, 0) is 0 Å². The Hall–Kier alpha value is -2.16. The lowest BCUT2D eigenvalue weighted by Crippen LogP contribution is -1.97. The number of fused-ring (bicyclic) bond motifs is 1. The first kappa shape index (κ1) is 12.9. The van der Waals surface area contributed by atoms with Gasteiger partial charge >= 0.3 is 0 Å². The van der Waals surface area contributed by atoms with Crippen molar-refractivity contribution in [3.63, 3.8) is 0 Å². The number of imidazole rings is 1. The molecule has 0 radical (unpaired) electrons. The van der Waals surface area contributed by atoms with Crippen LogP contribution in [-0.4, -0.2) is 14.5 Å². The maximum atomic E-state index is 8.89. The summed E-state index contributed by atoms with van der Waals surface area (Å²) in [5.41, 5.74) is 3.83. The molecule has 20 heavy (non-hydrogen) atoms. The summed E-state index contributed by atoms with van der Waals surface area (Å²) in [7, 11) is 0. The summed E-state index contributed by atoms with van der Waals surface area (Å²) in [6, 6.07) is 9.13. The van der Waals surface area contributed by atoms with Crippen LogP contribution in [0.4, 0.5) is 0 Å². The van der Waals surface area contributed by atoms with E-state index in [-0.39, 0.29) is 0 Å². The van der Waals surface area contributed by atoms with Crippen molar-refractivity contribution < 1.29 is 0 Å². The predicted octanol–water partition coefficient (Wildman–Crippen LogP) is 3.92. The number of aromatic nitrogens is 3. The van der Waals surface area contributed by atoms with E-state index >= 15 is 0 Å². The fourth-order valence-corrected chi connectivity index (χ4v) is 2.64. The number of halogens is 1. The van der Waals surface area contributed by atoms with Crippen LogP contribution in [0.2, 0.25) is 5.02 Å². The molecule has 0 saturated heterocycles. The summed E-state index contributed by atoms with van der Waals surface area (Å²) in [4.78, 5) is 7.52. The summed E-state index contributed by atoms with van der Waals surface area (Å²) in [6.45, 7) is 1.97. The maximum Gasteiger partial charge on any atom is 0.184 e. The zero-order valence-electron chi connectivity index (χ0n) is 10.5. The number of hydrogen-bond acceptors (Lipinski definition) is 3. The second-order valence-electron chi connectivity index (χ2n) is 4.43. The second kappa shape index (κ2) is 4.75. The molecule has 1 aromatic carbocycles. The standard InChI is InChI=1S/C14H9ClN4S/c1-8-4-11-13(17-7-8)19(14(20)18-11)12-3-2-9(6-16)5-10(12)15/h2-5,7H,1H3,(H,18,20). The molecule has 0 aliphatic carbocycles. The van der Waals surface area contributed by atoms with Crippen molar-refractivity contribution in [1.29, 1.82) is 5.26 Å². The molecule has 0 aliphatic heterocycles. The number of pyridine rings is 1. The highest BCUT2D eigenvalue weighted by atomic mass is 35.5. The van der Waals surface area contributed by atoms with Crippen molar-refractivity contribution in [2.75, 3.05) is 0 Å². The quantitative estimate of drug-likeness (QED) is 0.693. The third-order valence-corrected chi connectivity index (χ3v) is 3.56. The number of nitrogens with zero attached hydrogens (tertiary/aromatic N) is 3. The van der Waals surface area contributed by atoms with Gasteiger partial charge in [0.1, 0.15) is 0 Å². The fraction of sp³-hybridized carbons (Fsp3) is 0.0714. The number of rotatable bonds is 1. The molecule has 2 aromatic heterocycles. The first-order valence-electron chi connectivity index (χ1n) is 5.87. The van der Waals surface area contributed by atoms with Gasteiger partial charge in [-0.25, -0.2) is 4.98 Å². The smallest absolute Gasteiger partial charge is 0.184 e. The van der Waals surface area contributed by atoms with Gasteiger partial charge in [0.15, 0.2) is 10.4 Å². The van der Waals surface area contributed by atoms with Crippen molar-refractivity contribution in [2.45, 2.75) is 6.92 Å². The van der Waals surface area contributed by atoms with Gasteiger partial charge in [-0.3, -0.25) is 4.57 Å². The molecule has 0 aliphatic rings. The molecule has 0 saturated carbocycles. The zero-order valence-corrected chi connectivity index (χ0v) is 12.1. The Labute approximate surface area is 125 Å². The Bertz CT molecular complexity index is 917. The molecule has 0 atom stereocenters. The van der Waals surface area contributed by atoms with Gasteiger partial charge in [-0.15, -0.1) is 0 Å². The van der Waals surface area contributed by atoms with E-state index in [2.05, 4.69) is 16.0 Å². The van der Waals surface area contributed by atoms with Crippen LogP contribution in [0.5, 0.6) is 0 Å². The van der Waals surface area contributed by atoms with Crippen LogP contribution in [0.3, 0.4) is 0 Å². The van der Waals surface area contributed by atoms with E-state index in [1.165, 1.54) is 0 Å². The van der Waals surface area contributed by atoms with Crippen LogP contribution in [0, 0.1) is 23.0 Å². The Morgan fingerprint density at radius 3 is 2.90 bits per heavy atom. The topological polar surface area (TPSA) is 57.4 Å². The number of aromatic amines is 1. The lowest BCUT2D eigenvalue weighted by molar-refractivity contribution is 1.04. The molecular formula is C14H9ClN4S. The SMILES string of the molecule is Cc1cnc2c(c1)[nH]c(=S)n2-c1ccc(C#N)cc1Cl. The van der Waals surface area contributed by atoms with Gasteiger partial charge in [0.2, 0.25) is 0 Å². The molecule has 6 heteroatoms. The van der Waals surface area contributed by atoms with Gasteiger partial charge in [0, 0.05) is 6.20 Å². The minimum absolute atomic E-state index is 0.462. The predicted molar refractivity (Wildman–Crippen MR) is 80.7 cm³/mol. The van der Waals surface area contributed by atoms with Crippen molar-refractivity contribution in [2.24, 2.45) is 0 Å². The number of nitriles is 1. The van der Waals surface area contributed by atoms with Crippen molar-refractivity contribution >= 4 is 35.0 Å². The third kappa shape index (κ3) is 1.99. The highest BCUT2D eigenvalue weighted by Gasteiger charge is 2.11. The number of aryl methyl sites for hydroxylation is 1. The van der Waals surface area contributed by atoms with E-state index in [9.17, 15) is 0 Å². The molecular weight excluding hydrogens is 292 g/mol.